The zero-order chi connectivity index (χ0) is 19.4. The van der Waals surface area contributed by atoms with Crippen LogP contribution in [0.2, 0.25) is 0 Å². The second-order valence-corrected chi connectivity index (χ2v) is 7.47. The van der Waals surface area contributed by atoms with Crippen LogP contribution in [0.4, 0.5) is 5.69 Å². The van der Waals surface area contributed by atoms with Crippen LogP contribution >= 0.6 is 11.3 Å². The topological polar surface area (TPSA) is 81.7 Å². The average Bonchev–Trinajstić information content (AvgIpc) is 3.25. The van der Waals surface area contributed by atoms with Gasteiger partial charge in [0, 0.05) is 4.88 Å². The molecule has 1 aromatic heterocycles. The number of benzene rings is 1. The monoisotopic (exact) mass is 387 g/mol. The van der Waals surface area contributed by atoms with E-state index in [2.05, 4.69) is 5.32 Å². The Labute approximate surface area is 161 Å². The molecule has 1 amide bonds. The van der Waals surface area contributed by atoms with Gasteiger partial charge in [0.1, 0.15) is 4.88 Å². The van der Waals surface area contributed by atoms with Gasteiger partial charge in [-0.1, -0.05) is 37.3 Å². The van der Waals surface area contributed by atoms with Crippen LogP contribution in [0.5, 0.6) is 0 Å². The Morgan fingerprint density at radius 2 is 1.89 bits per heavy atom. The van der Waals surface area contributed by atoms with Crippen molar-refractivity contribution in [3.05, 3.63) is 41.3 Å². The molecule has 0 aliphatic heterocycles. The lowest BCUT2D eigenvalue weighted by Crippen LogP contribution is -2.22. The van der Waals surface area contributed by atoms with E-state index in [0.717, 1.165) is 16.9 Å². The quantitative estimate of drug-likeness (QED) is 0.732. The molecular weight excluding hydrogens is 366 g/mol. The van der Waals surface area contributed by atoms with Crippen molar-refractivity contribution in [2.45, 2.75) is 20.3 Å². The normalized spacial score (nSPS) is 17.9. The van der Waals surface area contributed by atoms with Crippen LogP contribution in [0, 0.1) is 11.8 Å². The summed E-state index contributed by atoms with van der Waals surface area (Å²) in [6.07, 6.45) is 0.804. The second-order valence-electron chi connectivity index (χ2n) is 6.42. The number of carbonyl (C=O) groups excluding carboxylic acids is 3. The molecule has 1 saturated carbocycles. The largest absolute Gasteiger partial charge is 0.462 e. The molecule has 1 aliphatic carbocycles. The van der Waals surface area contributed by atoms with Crippen molar-refractivity contribution in [2.75, 3.05) is 18.5 Å². The molecule has 2 aromatic rings. The summed E-state index contributed by atoms with van der Waals surface area (Å²) in [5.41, 5.74) is 1.29. The van der Waals surface area contributed by atoms with Crippen molar-refractivity contribution < 1.29 is 23.9 Å². The van der Waals surface area contributed by atoms with Gasteiger partial charge < -0.3 is 14.8 Å². The molecule has 0 unspecified atom stereocenters. The highest BCUT2D eigenvalue weighted by Crippen LogP contribution is 2.38. The highest BCUT2D eigenvalue weighted by atomic mass is 32.1. The third kappa shape index (κ3) is 4.74. The van der Waals surface area contributed by atoms with E-state index >= 15 is 0 Å². The van der Waals surface area contributed by atoms with Crippen LogP contribution in [0.15, 0.2) is 36.4 Å². The number of rotatable bonds is 7. The lowest BCUT2D eigenvalue weighted by Gasteiger charge is -2.07. The molecule has 2 atom stereocenters. The molecule has 0 spiro atoms. The number of ether oxygens (including phenoxy) is 2. The molecule has 3 rings (SSSR count). The lowest BCUT2D eigenvalue weighted by molar-refractivity contribution is -0.148. The van der Waals surface area contributed by atoms with Gasteiger partial charge in [0.25, 0.3) is 5.91 Å². The summed E-state index contributed by atoms with van der Waals surface area (Å²) in [5.74, 6) is -1.11. The lowest BCUT2D eigenvalue weighted by atomic mass is 10.2. The van der Waals surface area contributed by atoms with Crippen molar-refractivity contribution in [1.82, 2.24) is 0 Å². The van der Waals surface area contributed by atoms with Crippen molar-refractivity contribution >= 4 is 34.9 Å². The van der Waals surface area contributed by atoms with E-state index in [0.29, 0.717) is 16.5 Å². The predicted molar refractivity (Wildman–Crippen MR) is 103 cm³/mol. The van der Waals surface area contributed by atoms with Gasteiger partial charge in [-0.3, -0.25) is 9.59 Å². The summed E-state index contributed by atoms with van der Waals surface area (Å²) in [6.45, 7) is 3.55. The Kier molecular flexibility index (Phi) is 5.91. The van der Waals surface area contributed by atoms with Gasteiger partial charge in [-0.15, -0.1) is 11.3 Å². The van der Waals surface area contributed by atoms with Crippen molar-refractivity contribution in [3.63, 3.8) is 0 Å². The van der Waals surface area contributed by atoms with Crippen molar-refractivity contribution in [1.29, 1.82) is 0 Å². The second kappa shape index (κ2) is 8.35. The summed E-state index contributed by atoms with van der Waals surface area (Å²) < 4.78 is 10.1. The van der Waals surface area contributed by atoms with E-state index in [-0.39, 0.29) is 25.1 Å². The first kappa shape index (κ1) is 19.1. The fourth-order valence-corrected chi connectivity index (χ4v) is 3.67. The minimum Gasteiger partial charge on any atom is -0.462 e. The Hall–Kier alpha value is -2.67. The van der Waals surface area contributed by atoms with E-state index in [4.69, 9.17) is 9.47 Å². The average molecular weight is 387 g/mol. The van der Waals surface area contributed by atoms with Crippen LogP contribution in [-0.2, 0) is 19.1 Å². The zero-order valence-corrected chi connectivity index (χ0v) is 16.0. The van der Waals surface area contributed by atoms with Crippen molar-refractivity contribution in [2.24, 2.45) is 11.8 Å². The highest BCUT2D eigenvalue weighted by Gasteiger charge is 2.40. The molecule has 27 heavy (non-hydrogen) atoms. The zero-order valence-electron chi connectivity index (χ0n) is 15.2. The number of carbonyl (C=O) groups is 3. The molecule has 1 fully saturated rings. The number of amides is 1. The van der Waals surface area contributed by atoms with Gasteiger partial charge in [0.05, 0.1) is 18.2 Å². The number of hydrogen-bond donors (Lipinski definition) is 1. The Bertz CT molecular complexity index is 845. The maximum atomic E-state index is 12.2. The third-order valence-corrected chi connectivity index (χ3v) is 5.45. The summed E-state index contributed by atoms with van der Waals surface area (Å²) in [5, 5.41) is 2.66. The molecule has 1 heterocycles. The molecule has 1 aromatic carbocycles. The minimum atomic E-state index is -0.496. The van der Waals surface area contributed by atoms with Gasteiger partial charge in [0.15, 0.2) is 6.61 Å². The van der Waals surface area contributed by atoms with Crippen LogP contribution in [-0.4, -0.2) is 31.1 Å². The third-order valence-electron chi connectivity index (χ3n) is 4.28. The molecule has 7 heteroatoms. The van der Waals surface area contributed by atoms with Gasteiger partial charge in [0.2, 0.25) is 0 Å². The fourth-order valence-electron chi connectivity index (χ4n) is 2.66. The first-order chi connectivity index (χ1) is 13.0. The first-order valence-corrected chi connectivity index (χ1v) is 9.64. The summed E-state index contributed by atoms with van der Waals surface area (Å²) in [6, 6.07) is 11.3. The predicted octanol–water partition coefficient (Wildman–Crippen LogP) is 3.73. The summed E-state index contributed by atoms with van der Waals surface area (Å²) in [7, 11) is 0. The molecule has 6 nitrogen and oxygen atoms in total. The Morgan fingerprint density at radius 1 is 1.19 bits per heavy atom. The number of anilines is 1. The summed E-state index contributed by atoms with van der Waals surface area (Å²) >= 11 is 1.25. The molecule has 1 aliphatic rings. The summed E-state index contributed by atoms with van der Waals surface area (Å²) in [4.78, 5) is 37.3. The van der Waals surface area contributed by atoms with Crippen LogP contribution in [0.3, 0.4) is 0 Å². The molecule has 1 N–H and O–H groups in total. The molecule has 142 valence electrons. The number of hydrogen-bond acceptors (Lipinski definition) is 6. The van der Waals surface area contributed by atoms with Gasteiger partial charge >= 0.3 is 11.9 Å². The molecule has 0 saturated heterocycles. The Balaban J connectivity index is 1.72. The minimum absolute atomic E-state index is 0.0984. The maximum Gasteiger partial charge on any atom is 0.350 e. The maximum absolute atomic E-state index is 12.2. The number of thiophene rings is 1. The standard InChI is InChI=1S/C20H21NO5S/c1-3-25-20(24)18-15(10-16(27-18)13-7-5-4-6-8-13)21-17(22)11-26-19(23)14-9-12(14)2/h4-8,10,12,14H,3,9,11H2,1-2H3,(H,21,22)/t12-,14+/m0/s1. The Morgan fingerprint density at radius 3 is 2.52 bits per heavy atom. The van der Waals surface area contributed by atoms with Gasteiger partial charge in [-0.25, -0.2) is 4.79 Å². The molecule has 0 radical (unpaired) electrons. The number of esters is 2. The van der Waals surface area contributed by atoms with E-state index in [1.54, 1.807) is 13.0 Å². The smallest absolute Gasteiger partial charge is 0.350 e. The van der Waals surface area contributed by atoms with Gasteiger partial charge in [-0.05, 0) is 30.9 Å². The SMILES string of the molecule is CCOC(=O)c1sc(-c2ccccc2)cc1NC(=O)COC(=O)[C@@H]1C[C@@H]1C. The van der Waals surface area contributed by atoms with E-state index in [9.17, 15) is 14.4 Å². The van der Waals surface area contributed by atoms with Crippen molar-refractivity contribution in [3.8, 4) is 10.4 Å². The fraction of sp³-hybridized carbons (Fsp3) is 0.350. The van der Waals surface area contributed by atoms with Crippen LogP contribution in [0.1, 0.15) is 29.9 Å². The van der Waals surface area contributed by atoms with Crippen LogP contribution < -0.4 is 5.32 Å². The molecule has 0 bridgehead atoms. The van der Waals surface area contributed by atoms with E-state index in [1.165, 1.54) is 11.3 Å². The van der Waals surface area contributed by atoms with E-state index < -0.39 is 11.9 Å². The van der Waals surface area contributed by atoms with Gasteiger partial charge in [-0.2, -0.15) is 0 Å². The number of nitrogens with one attached hydrogen (secondary N) is 1. The highest BCUT2D eigenvalue weighted by molar-refractivity contribution is 7.18. The van der Waals surface area contributed by atoms with E-state index in [1.807, 2.05) is 37.3 Å². The first-order valence-electron chi connectivity index (χ1n) is 8.82. The van der Waals surface area contributed by atoms with Crippen LogP contribution in [0.25, 0.3) is 10.4 Å². The molecular formula is C20H21NO5S.